The number of nitrogens with one attached hydrogen (secondary N) is 1. The zero-order valence-corrected chi connectivity index (χ0v) is 11.1. The Bertz CT molecular complexity index is 595. The van der Waals surface area contributed by atoms with Crippen LogP contribution in [0.2, 0.25) is 5.02 Å². The van der Waals surface area contributed by atoms with Crippen molar-refractivity contribution in [2.24, 2.45) is 0 Å². The second-order valence-electron chi connectivity index (χ2n) is 4.16. The standard InChI is InChI=1S/C13H13ClN2O3/c1-9-2-4-11(19-9)8-15-7-10-3-5-12(14)13(6-10)16(17)18/h2-6,15H,7-8H2,1H3. The molecule has 0 unspecified atom stereocenters. The third-order valence-electron chi connectivity index (χ3n) is 2.63. The predicted molar refractivity (Wildman–Crippen MR) is 72.1 cm³/mol. The van der Waals surface area contributed by atoms with Crippen molar-refractivity contribution < 1.29 is 9.34 Å². The first-order chi connectivity index (χ1) is 9.06. The molecule has 0 aliphatic rings. The molecule has 1 heterocycles. The van der Waals surface area contributed by atoms with Gasteiger partial charge in [0.15, 0.2) is 0 Å². The van der Waals surface area contributed by atoms with E-state index in [1.807, 2.05) is 19.1 Å². The SMILES string of the molecule is Cc1ccc(CNCc2ccc(Cl)c([N+](=O)[O-])c2)o1. The number of nitro groups is 1. The highest BCUT2D eigenvalue weighted by Crippen LogP contribution is 2.24. The Hall–Kier alpha value is -1.85. The molecule has 0 radical (unpaired) electrons. The Labute approximate surface area is 115 Å². The number of rotatable bonds is 5. The van der Waals surface area contributed by atoms with Gasteiger partial charge in [-0.3, -0.25) is 10.1 Å². The van der Waals surface area contributed by atoms with E-state index in [0.717, 1.165) is 17.1 Å². The molecule has 0 saturated heterocycles. The Morgan fingerprint density at radius 2 is 2.11 bits per heavy atom. The lowest BCUT2D eigenvalue weighted by Crippen LogP contribution is -2.12. The van der Waals surface area contributed by atoms with Crippen LogP contribution >= 0.6 is 11.6 Å². The second-order valence-corrected chi connectivity index (χ2v) is 4.57. The molecule has 19 heavy (non-hydrogen) atoms. The average Bonchev–Trinajstić information content (AvgIpc) is 2.77. The van der Waals surface area contributed by atoms with Gasteiger partial charge in [-0.2, -0.15) is 0 Å². The third kappa shape index (κ3) is 3.56. The number of nitrogens with zero attached hydrogens (tertiary/aromatic N) is 1. The van der Waals surface area contributed by atoms with Gasteiger partial charge in [-0.1, -0.05) is 17.7 Å². The maximum Gasteiger partial charge on any atom is 0.288 e. The minimum atomic E-state index is -0.484. The Kier molecular flexibility index (Phi) is 4.19. The molecular formula is C13H13ClN2O3. The third-order valence-corrected chi connectivity index (χ3v) is 2.95. The van der Waals surface area contributed by atoms with Gasteiger partial charge in [0.25, 0.3) is 5.69 Å². The van der Waals surface area contributed by atoms with Crippen LogP contribution in [0.3, 0.4) is 0 Å². The van der Waals surface area contributed by atoms with Crippen molar-refractivity contribution in [3.05, 3.63) is 62.6 Å². The van der Waals surface area contributed by atoms with Crippen LogP contribution in [0.15, 0.2) is 34.7 Å². The van der Waals surface area contributed by atoms with Crippen LogP contribution < -0.4 is 5.32 Å². The average molecular weight is 281 g/mol. The highest BCUT2D eigenvalue weighted by atomic mass is 35.5. The summed E-state index contributed by atoms with van der Waals surface area (Å²) in [6.07, 6.45) is 0. The number of aryl methyl sites for hydroxylation is 1. The van der Waals surface area contributed by atoms with E-state index in [1.54, 1.807) is 6.07 Å². The number of hydrogen-bond donors (Lipinski definition) is 1. The highest BCUT2D eigenvalue weighted by Gasteiger charge is 2.12. The van der Waals surface area contributed by atoms with Crippen LogP contribution in [-0.4, -0.2) is 4.92 Å². The molecule has 1 N–H and O–H groups in total. The van der Waals surface area contributed by atoms with Crippen LogP contribution in [-0.2, 0) is 13.1 Å². The maximum atomic E-state index is 10.8. The molecule has 6 heteroatoms. The van der Waals surface area contributed by atoms with Crippen LogP contribution in [0, 0.1) is 17.0 Å². The van der Waals surface area contributed by atoms with Crippen LogP contribution in [0.25, 0.3) is 0 Å². The molecular weight excluding hydrogens is 268 g/mol. The summed E-state index contributed by atoms with van der Waals surface area (Å²) >= 11 is 5.75. The lowest BCUT2D eigenvalue weighted by atomic mass is 10.2. The normalized spacial score (nSPS) is 10.6. The summed E-state index contributed by atoms with van der Waals surface area (Å²) in [6.45, 7) is 2.97. The van der Waals surface area contributed by atoms with Gasteiger partial charge < -0.3 is 9.73 Å². The van der Waals surface area contributed by atoms with E-state index in [0.29, 0.717) is 13.1 Å². The fraction of sp³-hybridized carbons (Fsp3) is 0.231. The lowest BCUT2D eigenvalue weighted by Gasteiger charge is -2.04. The van der Waals surface area contributed by atoms with E-state index in [2.05, 4.69) is 5.32 Å². The second kappa shape index (κ2) is 5.86. The van der Waals surface area contributed by atoms with Gasteiger partial charge >= 0.3 is 0 Å². The molecule has 5 nitrogen and oxygen atoms in total. The summed E-state index contributed by atoms with van der Waals surface area (Å²) in [5.74, 6) is 1.69. The fourth-order valence-electron chi connectivity index (χ4n) is 1.72. The summed E-state index contributed by atoms with van der Waals surface area (Å²) in [4.78, 5) is 10.3. The van der Waals surface area contributed by atoms with E-state index in [1.165, 1.54) is 12.1 Å². The van der Waals surface area contributed by atoms with Gasteiger partial charge in [0, 0.05) is 12.6 Å². The molecule has 2 rings (SSSR count). The molecule has 0 aliphatic carbocycles. The van der Waals surface area contributed by atoms with E-state index >= 15 is 0 Å². The molecule has 1 aromatic heterocycles. The monoisotopic (exact) mass is 280 g/mol. The molecule has 0 bridgehead atoms. The zero-order valence-electron chi connectivity index (χ0n) is 10.4. The smallest absolute Gasteiger partial charge is 0.288 e. The minimum Gasteiger partial charge on any atom is -0.465 e. The van der Waals surface area contributed by atoms with Crippen LogP contribution in [0.4, 0.5) is 5.69 Å². The van der Waals surface area contributed by atoms with Crippen molar-refractivity contribution >= 4 is 17.3 Å². The minimum absolute atomic E-state index is 0.0743. The lowest BCUT2D eigenvalue weighted by molar-refractivity contribution is -0.384. The van der Waals surface area contributed by atoms with Crippen molar-refractivity contribution in [1.29, 1.82) is 0 Å². The predicted octanol–water partition coefficient (Wildman–Crippen LogP) is 3.44. The Morgan fingerprint density at radius 1 is 1.32 bits per heavy atom. The maximum absolute atomic E-state index is 10.8. The van der Waals surface area contributed by atoms with Crippen LogP contribution in [0.5, 0.6) is 0 Å². The molecule has 0 spiro atoms. The summed E-state index contributed by atoms with van der Waals surface area (Å²) < 4.78 is 5.41. The summed E-state index contributed by atoms with van der Waals surface area (Å²) in [5, 5.41) is 14.1. The Morgan fingerprint density at radius 3 is 2.74 bits per heavy atom. The van der Waals surface area contributed by atoms with Gasteiger partial charge in [-0.05, 0) is 30.7 Å². The largest absolute Gasteiger partial charge is 0.465 e. The Balaban J connectivity index is 1.96. The summed E-state index contributed by atoms with van der Waals surface area (Å²) in [5.41, 5.74) is 0.731. The first kappa shape index (κ1) is 13.6. The molecule has 0 saturated carbocycles. The van der Waals surface area contributed by atoms with Gasteiger partial charge in [0.05, 0.1) is 11.5 Å². The molecule has 0 atom stereocenters. The van der Waals surface area contributed by atoms with E-state index in [9.17, 15) is 10.1 Å². The van der Waals surface area contributed by atoms with Crippen molar-refractivity contribution in [2.45, 2.75) is 20.0 Å². The van der Waals surface area contributed by atoms with Gasteiger partial charge in [-0.25, -0.2) is 0 Å². The topological polar surface area (TPSA) is 68.3 Å². The van der Waals surface area contributed by atoms with Crippen LogP contribution in [0.1, 0.15) is 17.1 Å². The van der Waals surface area contributed by atoms with Crippen molar-refractivity contribution in [1.82, 2.24) is 5.32 Å². The van der Waals surface area contributed by atoms with Crippen molar-refractivity contribution in [2.75, 3.05) is 0 Å². The number of furan rings is 1. The van der Waals surface area contributed by atoms with E-state index in [4.69, 9.17) is 16.0 Å². The first-order valence-corrected chi connectivity index (χ1v) is 6.13. The fourth-order valence-corrected chi connectivity index (χ4v) is 1.90. The first-order valence-electron chi connectivity index (χ1n) is 5.75. The zero-order chi connectivity index (χ0) is 13.8. The quantitative estimate of drug-likeness (QED) is 0.673. The molecule has 1 aromatic carbocycles. The number of nitro benzene ring substituents is 1. The van der Waals surface area contributed by atoms with Crippen molar-refractivity contribution in [3.8, 4) is 0 Å². The van der Waals surface area contributed by atoms with E-state index < -0.39 is 4.92 Å². The van der Waals surface area contributed by atoms with Gasteiger partial charge in [0.2, 0.25) is 0 Å². The summed E-state index contributed by atoms with van der Waals surface area (Å²) in [7, 11) is 0. The summed E-state index contributed by atoms with van der Waals surface area (Å²) in [6, 6.07) is 8.56. The van der Waals surface area contributed by atoms with Gasteiger partial charge in [-0.15, -0.1) is 0 Å². The van der Waals surface area contributed by atoms with Gasteiger partial charge in [0.1, 0.15) is 16.5 Å². The molecule has 100 valence electrons. The molecule has 0 fully saturated rings. The van der Waals surface area contributed by atoms with E-state index in [-0.39, 0.29) is 10.7 Å². The van der Waals surface area contributed by atoms with Crippen molar-refractivity contribution in [3.63, 3.8) is 0 Å². The number of hydrogen-bond acceptors (Lipinski definition) is 4. The number of benzene rings is 1. The number of halogens is 1. The molecule has 0 aliphatic heterocycles. The molecule has 0 amide bonds. The molecule has 2 aromatic rings. The highest BCUT2D eigenvalue weighted by molar-refractivity contribution is 6.32.